The van der Waals surface area contributed by atoms with Gasteiger partial charge in [-0.05, 0) is 24.9 Å². The molecule has 3 rings (SSSR count). The molecule has 2 unspecified atom stereocenters. The van der Waals surface area contributed by atoms with Crippen LogP contribution in [0.2, 0.25) is 0 Å². The lowest BCUT2D eigenvalue weighted by atomic mass is 9.90. The van der Waals surface area contributed by atoms with E-state index in [0.717, 1.165) is 51.4 Å². The van der Waals surface area contributed by atoms with Crippen molar-refractivity contribution in [3.8, 4) is 5.75 Å². The molecular weight excluding hydrogens is 238 g/mol. The Morgan fingerprint density at radius 2 is 2.32 bits per heavy atom. The fourth-order valence-corrected chi connectivity index (χ4v) is 3.13. The van der Waals surface area contributed by atoms with Gasteiger partial charge in [0.2, 0.25) is 0 Å². The van der Waals surface area contributed by atoms with Crippen LogP contribution in [0.25, 0.3) is 0 Å². The summed E-state index contributed by atoms with van der Waals surface area (Å²) in [6.07, 6.45) is 3.34. The Labute approximate surface area is 115 Å². The number of rotatable bonds is 5. The smallest absolute Gasteiger partial charge is 0.127 e. The predicted octanol–water partition coefficient (Wildman–Crippen LogP) is 2.70. The van der Waals surface area contributed by atoms with Gasteiger partial charge in [-0.3, -0.25) is 0 Å². The first-order valence-corrected chi connectivity index (χ1v) is 7.46. The molecule has 2 aliphatic rings. The van der Waals surface area contributed by atoms with Crippen molar-refractivity contribution in [1.82, 2.24) is 5.32 Å². The predicted molar refractivity (Wildman–Crippen MR) is 75.6 cm³/mol. The first-order valence-electron chi connectivity index (χ1n) is 7.46. The van der Waals surface area contributed by atoms with Crippen molar-refractivity contribution < 1.29 is 9.47 Å². The molecule has 1 fully saturated rings. The molecule has 1 aromatic rings. The lowest BCUT2D eigenvalue weighted by Gasteiger charge is -2.25. The number of hydrogen-bond donors (Lipinski definition) is 1. The summed E-state index contributed by atoms with van der Waals surface area (Å²) in [4.78, 5) is 0. The van der Waals surface area contributed by atoms with Crippen molar-refractivity contribution in [3.05, 3.63) is 29.3 Å². The SMILES string of the molecule is CCCNC(c1cccc2c1OCC2)C1CCOC1. The molecule has 1 N–H and O–H groups in total. The minimum absolute atomic E-state index is 0.371. The fraction of sp³-hybridized carbons (Fsp3) is 0.625. The number of hydrogen-bond acceptors (Lipinski definition) is 3. The van der Waals surface area contributed by atoms with E-state index in [4.69, 9.17) is 9.47 Å². The van der Waals surface area contributed by atoms with E-state index in [2.05, 4.69) is 30.4 Å². The van der Waals surface area contributed by atoms with Gasteiger partial charge < -0.3 is 14.8 Å². The minimum atomic E-state index is 0.371. The molecular formula is C16H23NO2. The van der Waals surface area contributed by atoms with E-state index in [1.165, 1.54) is 11.1 Å². The maximum absolute atomic E-state index is 5.87. The maximum Gasteiger partial charge on any atom is 0.127 e. The van der Waals surface area contributed by atoms with Gasteiger partial charge in [0.05, 0.1) is 13.2 Å². The van der Waals surface area contributed by atoms with Gasteiger partial charge >= 0.3 is 0 Å². The second-order valence-corrected chi connectivity index (χ2v) is 5.49. The van der Waals surface area contributed by atoms with Gasteiger partial charge in [-0.1, -0.05) is 25.1 Å². The van der Waals surface area contributed by atoms with Crippen molar-refractivity contribution in [2.45, 2.75) is 32.2 Å². The third kappa shape index (κ3) is 2.63. The summed E-state index contributed by atoms with van der Waals surface area (Å²) in [5, 5.41) is 3.70. The van der Waals surface area contributed by atoms with Crippen LogP contribution in [0.1, 0.15) is 36.9 Å². The largest absolute Gasteiger partial charge is 0.493 e. The van der Waals surface area contributed by atoms with Crippen LogP contribution in [-0.4, -0.2) is 26.4 Å². The van der Waals surface area contributed by atoms with Crippen LogP contribution in [0.5, 0.6) is 5.75 Å². The Morgan fingerprint density at radius 3 is 3.11 bits per heavy atom. The summed E-state index contributed by atoms with van der Waals surface area (Å²) in [6.45, 7) is 5.84. The van der Waals surface area contributed by atoms with E-state index in [0.29, 0.717) is 12.0 Å². The molecule has 0 bridgehead atoms. The molecule has 0 spiro atoms. The summed E-state index contributed by atoms with van der Waals surface area (Å²) >= 11 is 0. The molecule has 0 aliphatic carbocycles. The number of fused-ring (bicyclic) bond motifs is 1. The van der Waals surface area contributed by atoms with Crippen LogP contribution in [0, 0.1) is 5.92 Å². The van der Waals surface area contributed by atoms with E-state index in [1.54, 1.807) is 0 Å². The molecule has 2 atom stereocenters. The molecule has 104 valence electrons. The molecule has 2 heterocycles. The molecule has 1 aromatic carbocycles. The highest BCUT2D eigenvalue weighted by Crippen LogP contribution is 2.38. The third-order valence-corrected chi connectivity index (χ3v) is 4.13. The van der Waals surface area contributed by atoms with Gasteiger partial charge in [-0.25, -0.2) is 0 Å². The highest BCUT2D eigenvalue weighted by molar-refractivity contribution is 5.46. The summed E-state index contributed by atoms with van der Waals surface area (Å²) < 4.78 is 11.4. The van der Waals surface area contributed by atoms with Gasteiger partial charge in [-0.2, -0.15) is 0 Å². The van der Waals surface area contributed by atoms with E-state index in [1.807, 2.05) is 0 Å². The average Bonchev–Trinajstić information content (AvgIpc) is 3.10. The second kappa shape index (κ2) is 5.93. The Bertz CT molecular complexity index is 427. The monoisotopic (exact) mass is 261 g/mol. The van der Waals surface area contributed by atoms with E-state index in [9.17, 15) is 0 Å². The normalized spacial score (nSPS) is 23.1. The van der Waals surface area contributed by atoms with E-state index in [-0.39, 0.29) is 0 Å². The van der Waals surface area contributed by atoms with E-state index < -0.39 is 0 Å². The van der Waals surface area contributed by atoms with Gasteiger partial charge in [0.1, 0.15) is 5.75 Å². The zero-order valence-corrected chi connectivity index (χ0v) is 11.7. The number of ether oxygens (including phenoxy) is 2. The Morgan fingerprint density at radius 1 is 1.37 bits per heavy atom. The van der Waals surface area contributed by atoms with Crippen LogP contribution < -0.4 is 10.1 Å². The van der Waals surface area contributed by atoms with Crippen LogP contribution in [0.15, 0.2) is 18.2 Å². The molecule has 1 saturated heterocycles. The summed E-state index contributed by atoms with van der Waals surface area (Å²) in [6, 6.07) is 6.94. The van der Waals surface area contributed by atoms with Gasteiger partial charge in [0.15, 0.2) is 0 Å². The highest BCUT2D eigenvalue weighted by atomic mass is 16.5. The zero-order valence-electron chi connectivity index (χ0n) is 11.7. The van der Waals surface area contributed by atoms with Gasteiger partial charge in [0.25, 0.3) is 0 Å². The molecule has 0 amide bonds. The van der Waals surface area contributed by atoms with Crippen LogP contribution in [-0.2, 0) is 11.2 Å². The Balaban J connectivity index is 1.88. The number of benzene rings is 1. The third-order valence-electron chi connectivity index (χ3n) is 4.13. The molecule has 19 heavy (non-hydrogen) atoms. The van der Waals surface area contributed by atoms with Crippen LogP contribution in [0.3, 0.4) is 0 Å². The lowest BCUT2D eigenvalue weighted by molar-refractivity contribution is 0.176. The van der Waals surface area contributed by atoms with Crippen molar-refractivity contribution in [2.24, 2.45) is 5.92 Å². The first-order chi connectivity index (χ1) is 9.40. The summed E-state index contributed by atoms with van der Waals surface area (Å²) in [5.74, 6) is 1.70. The molecule has 0 aromatic heterocycles. The fourth-order valence-electron chi connectivity index (χ4n) is 3.13. The average molecular weight is 261 g/mol. The summed E-state index contributed by atoms with van der Waals surface area (Å²) in [5.41, 5.74) is 2.69. The Kier molecular flexibility index (Phi) is 4.04. The standard InChI is InChI=1S/C16H23NO2/c1-2-8-17-15(13-6-9-18-11-13)14-5-3-4-12-7-10-19-16(12)14/h3-5,13,15,17H,2,6-11H2,1H3. The van der Waals surface area contributed by atoms with Crippen LogP contribution in [0.4, 0.5) is 0 Å². The first kappa shape index (κ1) is 12.9. The topological polar surface area (TPSA) is 30.5 Å². The van der Waals surface area contributed by atoms with Crippen molar-refractivity contribution >= 4 is 0 Å². The quantitative estimate of drug-likeness (QED) is 0.884. The Hall–Kier alpha value is -1.06. The highest BCUT2D eigenvalue weighted by Gasteiger charge is 2.30. The molecule has 0 radical (unpaired) electrons. The van der Waals surface area contributed by atoms with Crippen molar-refractivity contribution in [3.63, 3.8) is 0 Å². The number of nitrogens with one attached hydrogen (secondary N) is 1. The van der Waals surface area contributed by atoms with Crippen LogP contribution >= 0.6 is 0 Å². The maximum atomic E-state index is 5.87. The van der Waals surface area contributed by atoms with E-state index >= 15 is 0 Å². The van der Waals surface area contributed by atoms with Crippen molar-refractivity contribution in [1.29, 1.82) is 0 Å². The minimum Gasteiger partial charge on any atom is -0.493 e. The molecule has 3 heteroatoms. The van der Waals surface area contributed by atoms with Gasteiger partial charge in [-0.15, -0.1) is 0 Å². The zero-order chi connectivity index (χ0) is 13.1. The molecule has 3 nitrogen and oxygen atoms in total. The molecule has 0 saturated carbocycles. The lowest BCUT2D eigenvalue weighted by Crippen LogP contribution is -2.29. The number of para-hydroxylation sites is 1. The second-order valence-electron chi connectivity index (χ2n) is 5.49. The summed E-state index contributed by atoms with van der Waals surface area (Å²) in [7, 11) is 0. The van der Waals surface area contributed by atoms with Crippen molar-refractivity contribution in [2.75, 3.05) is 26.4 Å². The molecule has 2 aliphatic heterocycles. The van der Waals surface area contributed by atoms with Gasteiger partial charge in [0, 0.05) is 30.6 Å².